The number of primary amides is 1. The molecule has 0 spiro atoms. The van der Waals surface area contributed by atoms with E-state index in [2.05, 4.69) is 5.32 Å². The second kappa shape index (κ2) is 6.58. The Balaban J connectivity index is 2.07. The van der Waals surface area contributed by atoms with Crippen LogP contribution in [0.3, 0.4) is 0 Å². The van der Waals surface area contributed by atoms with Gasteiger partial charge in [-0.05, 0) is 55.0 Å². The smallest absolute Gasteiger partial charge is 0.251 e. The van der Waals surface area contributed by atoms with E-state index in [9.17, 15) is 14.7 Å². The van der Waals surface area contributed by atoms with Gasteiger partial charge in [0, 0.05) is 16.8 Å². The topological polar surface area (TPSA) is 92.4 Å². The highest BCUT2D eigenvalue weighted by Gasteiger charge is 2.06. The molecule has 5 nitrogen and oxygen atoms in total. The Morgan fingerprint density at radius 2 is 1.64 bits per heavy atom. The third kappa shape index (κ3) is 3.96. The number of aromatic hydroxyl groups is 1. The average Bonchev–Trinajstić information content (AvgIpc) is 2.50. The molecule has 2 amide bonds. The van der Waals surface area contributed by atoms with Crippen molar-refractivity contribution in [2.24, 2.45) is 5.73 Å². The Morgan fingerprint density at radius 1 is 1.05 bits per heavy atom. The van der Waals surface area contributed by atoms with Crippen molar-refractivity contribution in [2.45, 2.75) is 6.92 Å². The normalized spacial score (nSPS) is 11.0. The second-order valence-electron chi connectivity index (χ2n) is 4.81. The molecular formula is C17H16N2O3. The lowest BCUT2D eigenvalue weighted by atomic mass is 10.1. The summed E-state index contributed by atoms with van der Waals surface area (Å²) < 4.78 is 0. The van der Waals surface area contributed by atoms with Gasteiger partial charge in [0.05, 0.1) is 0 Å². The molecule has 2 aromatic carbocycles. The Labute approximate surface area is 128 Å². The third-order valence-corrected chi connectivity index (χ3v) is 3.06. The number of nitrogens with two attached hydrogens (primary N) is 1. The summed E-state index contributed by atoms with van der Waals surface area (Å²) in [5.74, 6) is -0.588. The van der Waals surface area contributed by atoms with E-state index in [1.54, 1.807) is 61.5 Å². The van der Waals surface area contributed by atoms with Crippen molar-refractivity contribution in [1.82, 2.24) is 0 Å². The van der Waals surface area contributed by atoms with Crippen molar-refractivity contribution in [3.8, 4) is 5.75 Å². The molecule has 0 aliphatic carbocycles. The van der Waals surface area contributed by atoms with Crippen LogP contribution in [0.1, 0.15) is 22.8 Å². The summed E-state index contributed by atoms with van der Waals surface area (Å²) in [5.41, 5.74) is 7.45. The summed E-state index contributed by atoms with van der Waals surface area (Å²) >= 11 is 0. The zero-order valence-electron chi connectivity index (χ0n) is 12.0. The fourth-order valence-electron chi connectivity index (χ4n) is 1.83. The molecule has 0 aliphatic heterocycles. The lowest BCUT2D eigenvalue weighted by Crippen LogP contribution is -2.13. The summed E-state index contributed by atoms with van der Waals surface area (Å²) in [6, 6.07) is 12.9. The highest BCUT2D eigenvalue weighted by molar-refractivity contribution is 6.06. The van der Waals surface area contributed by atoms with Crippen molar-refractivity contribution in [2.75, 3.05) is 5.32 Å². The van der Waals surface area contributed by atoms with Gasteiger partial charge in [0.15, 0.2) is 0 Å². The molecule has 2 aromatic rings. The molecule has 0 radical (unpaired) electrons. The number of carbonyl (C=O) groups excluding carboxylic acids is 2. The van der Waals surface area contributed by atoms with Crippen LogP contribution in [0.4, 0.5) is 5.69 Å². The number of rotatable bonds is 4. The van der Waals surface area contributed by atoms with Crippen LogP contribution in [0.15, 0.2) is 54.1 Å². The highest BCUT2D eigenvalue weighted by Crippen LogP contribution is 2.14. The molecule has 0 saturated heterocycles. The van der Waals surface area contributed by atoms with Crippen molar-refractivity contribution in [1.29, 1.82) is 0 Å². The predicted molar refractivity (Wildman–Crippen MR) is 85.3 cm³/mol. The van der Waals surface area contributed by atoms with Crippen LogP contribution in [-0.2, 0) is 4.79 Å². The molecule has 0 bridgehead atoms. The van der Waals surface area contributed by atoms with Crippen molar-refractivity contribution < 1.29 is 14.7 Å². The van der Waals surface area contributed by atoms with Crippen molar-refractivity contribution in [3.63, 3.8) is 0 Å². The fraction of sp³-hybridized carbons (Fsp3) is 0.0588. The number of phenols is 1. The second-order valence-corrected chi connectivity index (χ2v) is 4.81. The predicted octanol–water partition coefficient (Wildman–Crippen LogP) is 2.53. The Kier molecular flexibility index (Phi) is 4.58. The van der Waals surface area contributed by atoms with Crippen LogP contribution in [0.25, 0.3) is 6.08 Å². The monoisotopic (exact) mass is 296 g/mol. The number of nitrogens with one attached hydrogen (secondary N) is 1. The number of anilines is 1. The number of carbonyl (C=O) groups is 2. The molecule has 4 N–H and O–H groups in total. The minimum atomic E-state index is -0.513. The van der Waals surface area contributed by atoms with Gasteiger partial charge in [0.25, 0.3) is 5.91 Å². The molecule has 5 heteroatoms. The number of hydrogen-bond donors (Lipinski definition) is 3. The van der Waals surface area contributed by atoms with Gasteiger partial charge < -0.3 is 16.2 Å². The summed E-state index contributed by atoms with van der Waals surface area (Å²) in [6.07, 6.45) is 1.71. The van der Waals surface area contributed by atoms with Gasteiger partial charge in [-0.1, -0.05) is 12.1 Å². The van der Waals surface area contributed by atoms with E-state index in [1.165, 1.54) is 0 Å². The zero-order chi connectivity index (χ0) is 16.1. The number of hydrogen-bond acceptors (Lipinski definition) is 3. The van der Waals surface area contributed by atoms with E-state index >= 15 is 0 Å². The van der Waals surface area contributed by atoms with Gasteiger partial charge in [-0.2, -0.15) is 0 Å². The van der Waals surface area contributed by atoms with Crippen molar-refractivity contribution in [3.05, 3.63) is 65.2 Å². The van der Waals surface area contributed by atoms with E-state index in [0.717, 1.165) is 5.56 Å². The molecule has 0 atom stereocenters. The van der Waals surface area contributed by atoms with Crippen molar-refractivity contribution >= 4 is 23.6 Å². The highest BCUT2D eigenvalue weighted by atomic mass is 16.3. The molecule has 0 heterocycles. The molecule has 0 aromatic heterocycles. The largest absolute Gasteiger partial charge is 0.508 e. The summed E-state index contributed by atoms with van der Waals surface area (Å²) in [7, 11) is 0. The molecule has 0 fully saturated rings. The molecule has 0 saturated carbocycles. The first kappa shape index (κ1) is 15.3. The molecule has 0 unspecified atom stereocenters. The van der Waals surface area contributed by atoms with E-state index in [1.807, 2.05) is 0 Å². The van der Waals surface area contributed by atoms with Gasteiger partial charge in [0.2, 0.25) is 5.91 Å². The first-order valence-corrected chi connectivity index (χ1v) is 6.64. The molecule has 22 heavy (non-hydrogen) atoms. The number of phenolic OH excluding ortho intramolecular Hbond substituents is 1. The van der Waals surface area contributed by atoms with E-state index in [0.29, 0.717) is 16.8 Å². The van der Waals surface area contributed by atoms with E-state index in [-0.39, 0.29) is 11.7 Å². The maximum atomic E-state index is 12.1. The fourth-order valence-corrected chi connectivity index (χ4v) is 1.83. The molecular weight excluding hydrogens is 280 g/mol. The van der Waals surface area contributed by atoms with E-state index in [4.69, 9.17) is 5.73 Å². The SMILES string of the molecule is C/C(=C\c1ccc(O)cc1)C(=O)Nc1ccc(C(N)=O)cc1. The summed E-state index contributed by atoms with van der Waals surface area (Å²) in [6.45, 7) is 1.69. The van der Waals surface area contributed by atoms with Crippen LogP contribution in [0.5, 0.6) is 5.75 Å². The minimum absolute atomic E-state index is 0.175. The van der Waals surface area contributed by atoms with Gasteiger partial charge in [-0.15, -0.1) is 0 Å². The van der Waals surface area contributed by atoms with Gasteiger partial charge in [-0.25, -0.2) is 0 Å². The summed E-state index contributed by atoms with van der Waals surface area (Å²) in [4.78, 5) is 23.1. The first-order valence-electron chi connectivity index (χ1n) is 6.64. The van der Waals surface area contributed by atoms with E-state index < -0.39 is 5.91 Å². The zero-order valence-corrected chi connectivity index (χ0v) is 12.0. The lowest BCUT2D eigenvalue weighted by Gasteiger charge is -2.06. The first-order chi connectivity index (χ1) is 10.5. The van der Waals surface area contributed by atoms with Crippen LogP contribution < -0.4 is 11.1 Å². The molecule has 2 rings (SSSR count). The lowest BCUT2D eigenvalue weighted by molar-refractivity contribution is -0.112. The molecule has 0 aliphatic rings. The molecule has 112 valence electrons. The van der Waals surface area contributed by atoms with Crippen LogP contribution in [-0.4, -0.2) is 16.9 Å². The average molecular weight is 296 g/mol. The minimum Gasteiger partial charge on any atom is -0.508 e. The Bertz CT molecular complexity index is 717. The maximum Gasteiger partial charge on any atom is 0.251 e. The number of amides is 2. The maximum absolute atomic E-state index is 12.1. The van der Waals surface area contributed by atoms with Gasteiger partial charge >= 0.3 is 0 Å². The Hall–Kier alpha value is -3.08. The third-order valence-electron chi connectivity index (χ3n) is 3.06. The quantitative estimate of drug-likeness (QED) is 0.757. The van der Waals surface area contributed by atoms with Gasteiger partial charge in [0.1, 0.15) is 5.75 Å². The van der Waals surface area contributed by atoms with Gasteiger partial charge in [-0.3, -0.25) is 9.59 Å². The standard InChI is InChI=1S/C17H16N2O3/c1-11(10-12-2-8-15(20)9-3-12)17(22)19-14-6-4-13(5-7-14)16(18)21/h2-10,20H,1H3,(H2,18,21)(H,19,22)/b11-10+. The Morgan fingerprint density at radius 3 is 2.18 bits per heavy atom. The van der Waals surface area contributed by atoms with Crippen LogP contribution >= 0.6 is 0 Å². The van der Waals surface area contributed by atoms with Crippen LogP contribution in [0.2, 0.25) is 0 Å². The summed E-state index contributed by atoms with van der Waals surface area (Å²) in [5, 5.41) is 12.0. The number of benzene rings is 2. The van der Waals surface area contributed by atoms with Crippen LogP contribution in [0, 0.1) is 0 Å².